The molecular weight excluding hydrogens is 340 g/mol. The number of hydrogen-bond donors (Lipinski definition) is 2. The second-order valence-electron chi connectivity index (χ2n) is 6.10. The number of carbonyl (C=O) groups is 1. The van der Waals surface area contributed by atoms with Crippen LogP contribution in [0.2, 0.25) is 0 Å². The molecule has 0 aliphatic carbocycles. The van der Waals surface area contributed by atoms with Gasteiger partial charge in [0.1, 0.15) is 18.1 Å². The maximum Gasteiger partial charge on any atom is 0.271 e. The number of ether oxygens (including phenoxy) is 1. The van der Waals surface area contributed by atoms with Crippen LogP contribution >= 0.6 is 0 Å². The number of phenolic OH excluding ortho intramolecular Hbond substituents is 1. The van der Waals surface area contributed by atoms with Crippen molar-refractivity contribution in [3.63, 3.8) is 0 Å². The van der Waals surface area contributed by atoms with Gasteiger partial charge in [0.05, 0.1) is 6.21 Å². The van der Waals surface area contributed by atoms with E-state index in [2.05, 4.69) is 22.7 Å². The van der Waals surface area contributed by atoms with Crippen LogP contribution in [0, 0.1) is 6.92 Å². The van der Waals surface area contributed by atoms with Crippen LogP contribution < -0.4 is 10.2 Å². The minimum Gasteiger partial charge on any atom is -0.508 e. The number of aryl methyl sites for hydroxylation is 1. The highest BCUT2D eigenvalue weighted by Gasteiger charge is 2.04. The van der Waals surface area contributed by atoms with Gasteiger partial charge in [-0.2, -0.15) is 5.10 Å². The maximum atomic E-state index is 12.0. The first-order valence-corrected chi connectivity index (χ1v) is 8.51. The minimum atomic E-state index is -0.395. The summed E-state index contributed by atoms with van der Waals surface area (Å²) in [6.45, 7) is 2.53. The van der Waals surface area contributed by atoms with Gasteiger partial charge in [0.2, 0.25) is 0 Å². The number of hydrazone groups is 1. The Morgan fingerprint density at radius 2 is 1.85 bits per heavy atom. The first-order valence-electron chi connectivity index (χ1n) is 8.51. The van der Waals surface area contributed by atoms with Crippen LogP contribution in [0.4, 0.5) is 0 Å². The molecule has 27 heavy (non-hydrogen) atoms. The van der Waals surface area contributed by atoms with Crippen molar-refractivity contribution < 1.29 is 14.6 Å². The molecule has 2 N–H and O–H groups in total. The Bertz CT molecular complexity index is 950. The van der Waals surface area contributed by atoms with Gasteiger partial charge in [-0.3, -0.25) is 4.79 Å². The summed E-state index contributed by atoms with van der Waals surface area (Å²) in [5.74, 6) is 0.359. The maximum absolute atomic E-state index is 12.0. The summed E-state index contributed by atoms with van der Waals surface area (Å²) in [6, 6.07) is 21.7. The molecule has 5 nitrogen and oxygen atoms in total. The molecule has 0 saturated heterocycles. The molecule has 0 aliphatic rings. The van der Waals surface area contributed by atoms with E-state index >= 15 is 0 Å². The lowest BCUT2D eigenvalue weighted by Gasteiger charge is -2.07. The lowest BCUT2D eigenvalue weighted by Crippen LogP contribution is -2.17. The van der Waals surface area contributed by atoms with Gasteiger partial charge in [0, 0.05) is 5.56 Å². The zero-order chi connectivity index (χ0) is 19.1. The lowest BCUT2D eigenvalue weighted by atomic mass is 10.2. The summed E-state index contributed by atoms with van der Waals surface area (Å²) >= 11 is 0. The normalized spacial score (nSPS) is 10.7. The average molecular weight is 360 g/mol. The Hall–Kier alpha value is -3.60. The summed E-state index contributed by atoms with van der Waals surface area (Å²) in [5.41, 5.74) is 5.88. The second kappa shape index (κ2) is 8.67. The van der Waals surface area contributed by atoms with Crippen molar-refractivity contribution in [2.75, 3.05) is 0 Å². The van der Waals surface area contributed by atoms with Crippen molar-refractivity contribution in [1.82, 2.24) is 5.43 Å². The van der Waals surface area contributed by atoms with Crippen LogP contribution in [0.25, 0.3) is 0 Å². The smallest absolute Gasteiger partial charge is 0.271 e. The average Bonchev–Trinajstić information content (AvgIpc) is 2.68. The molecular formula is C22H20N2O3. The molecule has 3 aromatic carbocycles. The number of nitrogens with one attached hydrogen (secondary N) is 1. The van der Waals surface area contributed by atoms with Crippen LogP contribution in [0.5, 0.6) is 11.5 Å². The molecule has 0 unspecified atom stereocenters. The summed E-state index contributed by atoms with van der Waals surface area (Å²) in [6.07, 6.45) is 1.54. The number of amides is 1. The minimum absolute atomic E-state index is 0.0325. The first-order chi connectivity index (χ1) is 13.1. The molecule has 0 fully saturated rings. The Balaban J connectivity index is 1.57. The highest BCUT2D eigenvalue weighted by atomic mass is 16.5. The number of aromatic hydroxyl groups is 1. The summed E-state index contributed by atoms with van der Waals surface area (Å²) in [5, 5.41) is 13.4. The molecule has 0 radical (unpaired) electrons. The van der Waals surface area contributed by atoms with Gasteiger partial charge < -0.3 is 9.84 Å². The molecule has 3 aromatic rings. The second-order valence-corrected chi connectivity index (χ2v) is 6.10. The summed E-state index contributed by atoms with van der Waals surface area (Å²) in [4.78, 5) is 12.0. The molecule has 0 saturated carbocycles. The standard InChI is InChI=1S/C22H20N2O3/c1-16-8-10-17(11-9-16)15-27-21-7-2-4-18(12-21)14-23-24-22(26)19-5-3-6-20(25)13-19/h2-14,25H,15H2,1H3,(H,24,26)/b23-14-. The van der Waals surface area contributed by atoms with Gasteiger partial charge in [-0.1, -0.05) is 48.0 Å². The predicted octanol–water partition coefficient (Wildman–Crippen LogP) is 4.04. The van der Waals surface area contributed by atoms with Crippen LogP contribution in [0.15, 0.2) is 77.9 Å². The molecule has 3 rings (SSSR count). The third kappa shape index (κ3) is 5.44. The van der Waals surface area contributed by atoms with Crippen molar-refractivity contribution in [3.8, 4) is 11.5 Å². The molecule has 136 valence electrons. The fourth-order valence-corrected chi connectivity index (χ4v) is 2.41. The molecule has 0 bridgehead atoms. The Labute approximate surface area is 157 Å². The fourth-order valence-electron chi connectivity index (χ4n) is 2.41. The molecule has 0 aromatic heterocycles. The van der Waals surface area contributed by atoms with Crippen LogP contribution in [-0.4, -0.2) is 17.2 Å². The summed E-state index contributed by atoms with van der Waals surface area (Å²) in [7, 11) is 0. The van der Waals surface area contributed by atoms with E-state index in [1.54, 1.807) is 18.3 Å². The zero-order valence-corrected chi connectivity index (χ0v) is 14.9. The van der Waals surface area contributed by atoms with Crippen molar-refractivity contribution in [2.24, 2.45) is 5.10 Å². The van der Waals surface area contributed by atoms with E-state index in [1.807, 2.05) is 43.3 Å². The number of hydrogen-bond acceptors (Lipinski definition) is 4. The monoisotopic (exact) mass is 360 g/mol. The quantitative estimate of drug-likeness (QED) is 0.515. The van der Waals surface area contributed by atoms with E-state index in [4.69, 9.17) is 4.74 Å². The molecule has 0 atom stereocenters. The van der Waals surface area contributed by atoms with Crippen LogP contribution in [-0.2, 0) is 6.61 Å². The van der Waals surface area contributed by atoms with Crippen molar-refractivity contribution in [3.05, 3.63) is 95.1 Å². The van der Waals surface area contributed by atoms with Crippen LogP contribution in [0.3, 0.4) is 0 Å². The van der Waals surface area contributed by atoms with E-state index in [9.17, 15) is 9.90 Å². The highest BCUT2D eigenvalue weighted by Crippen LogP contribution is 2.15. The van der Waals surface area contributed by atoms with Gasteiger partial charge in [-0.15, -0.1) is 0 Å². The topological polar surface area (TPSA) is 70.9 Å². The van der Waals surface area contributed by atoms with Crippen molar-refractivity contribution in [2.45, 2.75) is 13.5 Å². The molecule has 0 spiro atoms. The number of phenols is 1. The van der Waals surface area contributed by atoms with Gasteiger partial charge in [-0.25, -0.2) is 5.43 Å². The zero-order valence-electron chi connectivity index (χ0n) is 14.9. The predicted molar refractivity (Wildman–Crippen MR) is 105 cm³/mol. The fraction of sp³-hybridized carbons (Fsp3) is 0.0909. The number of nitrogens with zero attached hydrogens (tertiary/aromatic N) is 1. The van der Waals surface area contributed by atoms with E-state index in [0.717, 1.165) is 16.9 Å². The molecule has 0 aliphatic heterocycles. The SMILES string of the molecule is Cc1ccc(COc2cccc(/C=N\NC(=O)c3cccc(O)c3)c2)cc1. The third-order valence-corrected chi connectivity index (χ3v) is 3.87. The Kier molecular flexibility index (Phi) is 5.84. The first kappa shape index (κ1) is 18.2. The number of rotatable bonds is 6. The van der Waals surface area contributed by atoms with E-state index in [-0.39, 0.29) is 5.75 Å². The van der Waals surface area contributed by atoms with Gasteiger partial charge in [0.15, 0.2) is 0 Å². The highest BCUT2D eigenvalue weighted by molar-refractivity contribution is 5.95. The van der Waals surface area contributed by atoms with Gasteiger partial charge in [-0.05, 0) is 48.4 Å². The Morgan fingerprint density at radius 3 is 2.63 bits per heavy atom. The molecule has 1 amide bonds. The number of carbonyl (C=O) groups excluding carboxylic acids is 1. The van der Waals surface area contributed by atoms with Crippen molar-refractivity contribution >= 4 is 12.1 Å². The lowest BCUT2D eigenvalue weighted by molar-refractivity contribution is 0.0954. The van der Waals surface area contributed by atoms with E-state index in [1.165, 1.54) is 17.7 Å². The summed E-state index contributed by atoms with van der Waals surface area (Å²) < 4.78 is 5.81. The van der Waals surface area contributed by atoms with E-state index in [0.29, 0.717) is 12.2 Å². The third-order valence-electron chi connectivity index (χ3n) is 3.87. The number of benzene rings is 3. The Morgan fingerprint density at radius 1 is 1.07 bits per heavy atom. The molecule has 0 heterocycles. The van der Waals surface area contributed by atoms with Crippen LogP contribution in [0.1, 0.15) is 27.0 Å². The van der Waals surface area contributed by atoms with Crippen molar-refractivity contribution in [1.29, 1.82) is 0 Å². The van der Waals surface area contributed by atoms with E-state index < -0.39 is 5.91 Å². The molecule has 5 heteroatoms. The van der Waals surface area contributed by atoms with Gasteiger partial charge in [0.25, 0.3) is 5.91 Å². The largest absolute Gasteiger partial charge is 0.508 e. The van der Waals surface area contributed by atoms with Gasteiger partial charge >= 0.3 is 0 Å².